The quantitative estimate of drug-likeness (QED) is 0.561. The highest BCUT2D eigenvalue weighted by Gasteiger charge is 2.11. The predicted molar refractivity (Wildman–Crippen MR) is 80.9 cm³/mol. The predicted octanol–water partition coefficient (Wildman–Crippen LogP) is 1.54. The second-order valence-electron chi connectivity index (χ2n) is 4.78. The summed E-state index contributed by atoms with van der Waals surface area (Å²) in [4.78, 5) is 16.8. The van der Waals surface area contributed by atoms with Crippen LogP contribution in [0.25, 0.3) is 16.8 Å². The summed E-state index contributed by atoms with van der Waals surface area (Å²) in [6, 6.07) is 8.99. The van der Waals surface area contributed by atoms with Crippen molar-refractivity contribution in [1.82, 2.24) is 29.4 Å². The van der Waals surface area contributed by atoms with Crippen LogP contribution in [0.3, 0.4) is 0 Å². The summed E-state index contributed by atoms with van der Waals surface area (Å²) in [5.74, 6) is 0. The van der Waals surface area contributed by atoms with Gasteiger partial charge < -0.3 is 0 Å². The Balaban J connectivity index is 1.85. The number of aromatic nitrogens is 6. The van der Waals surface area contributed by atoms with Gasteiger partial charge in [0.1, 0.15) is 6.33 Å². The summed E-state index contributed by atoms with van der Waals surface area (Å²) in [6.07, 6.45) is 3.08. The van der Waals surface area contributed by atoms with Gasteiger partial charge in [0.25, 0.3) is 5.56 Å². The first-order valence-corrected chi connectivity index (χ1v) is 6.90. The molecule has 0 saturated heterocycles. The van der Waals surface area contributed by atoms with Gasteiger partial charge in [0.05, 0.1) is 12.7 Å². The largest absolute Gasteiger partial charge is 0.293 e. The third kappa shape index (κ3) is 2.03. The molecule has 3 aromatic heterocycles. The fourth-order valence-corrected chi connectivity index (χ4v) is 2.37. The third-order valence-electron chi connectivity index (χ3n) is 3.34. The Morgan fingerprint density at radius 2 is 1.91 bits per heavy atom. The van der Waals surface area contributed by atoms with E-state index in [0.717, 1.165) is 5.56 Å². The fourth-order valence-electron chi connectivity index (χ4n) is 2.25. The fraction of sp³-hybridized carbons (Fsp3) is 0.0714. The van der Waals surface area contributed by atoms with Crippen LogP contribution >= 0.6 is 11.6 Å². The molecule has 4 rings (SSSR count). The number of nitrogens with zero attached hydrogens (tertiary/aromatic N) is 6. The first-order valence-electron chi connectivity index (χ1n) is 6.52. The number of halogens is 1. The van der Waals surface area contributed by atoms with E-state index in [1.165, 1.54) is 15.4 Å². The van der Waals surface area contributed by atoms with Crippen LogP contribution < -0.4 is 5.56 Å². The van der Waals surface area contributed by atoms with Gasteiger partial charge in [0.2, 0.25) is 0 Å². The molecule has 0 aliphatic heterocycles. The molecular formula is C14H9ClN6O. The lowest BCUT2D eigenvalue weighted by atomic mass is 10.2. The Morgan fingerprint density at radius 3 is 2.73 bits per heavy atom. The van der Waals surface area contributed by atoms with Crippen LogP contribution in [0.4, 0.5) is 0 Å². The normalized spacial score (nSPS) is 11.3. The smallest absolute Gasteiger partial charge is 0.283 e. The minimum absolute atomic E-state index is 0.188. The Bertz CT molecular complexity index is 1040. The van der Waals surface area contributed by atoms with E-state index in [4.69, 9.17) is 11.6 Å². The summed E-state index contributed by atoms with van der Waals surface area (Å²) < 4.78 is 2.98. The van der Waals surface area contributed by atoms with Crippen molar-refractivity contribution >= 4 is 28.4 Å². The van der Waals surface area contributed by atoms with Gasteiger partial charge in [-0.3, -0.25) is 9.36 Å². The maximum atomic E-state index is 12.5. The van der Waals surface area contributed by atoms with Crippen molar-refractivity contribution in [3.8, 4) is 0 Å². The lowest BCUT2D eigenvalue weighted by molar-refractivity contribution is 0.737. The average molecular weight is 313 g/mol. The Morgan fingerprint density at radius 1 is 1.09 bits per heavy atom. The Hall–Kier alpha value is -2.80. The van der Waals surface area contributed by atoms with E-state index in [1.807, 2.05) is 12.1 Å². The molecular weight excluding hydrogens is 304 g/mol. The summed E-state index contributed by atoms with van der Waals surface area (Å²) in [7, 11) is 0. The van der Waals surface area contributed by atoms with Crippen molar-refractivity contribution in [3.05, 3.63) is 63.8 Å². The van der Waals surface area contributed by atoms with Crippen LogP contribution in [-0.4, -0.2) is 29.4 Å². The molecule has 22 heavy (non-hydrogen) atoms. The van der Waals surface area contributed by atoms with E-state index in [-0.39, 0.29) is 11.1 Å². The van der Waals surface area contributed by atoms with E-state index in [2.05, 4.69) is 20.3 Å². The van der Waals surface area contributed by atoms with Gasteiger partial charge in [-0.1, -0.05) is 23.7 Å². The first kappa shape index (κ1) is 12.9. The van der Waals surface area contributed by atoms with Crippen LogP contribution in [0.1, 0.15) is 5.56 Å². The number of hydrogen-bond donors (Lipinski definition) is 0. The van der Waals surface area contributed by atoms with Crippen molar-refractivity contribution in [3.63, 3.8) is 0 Å². The lowest BCUT2D eigenvalue weighted by Crippen LogP contribution is -2.23. The Labute approximate surface area is 128 Å². The average Bonchev–Trinajstić information content (AvgIpc) is 3.01. The highest BCUT2D eigenvalue weighted by Crippen LogP contribution is 2.11. The van der Waals surface area contributed by atoms with E-state index in [1.54, 1.807) is 24.4 Å². The van der Waals surface area contributed by atoms with Gasteiger partial charge >= 0.3 is 0 Å². The van der Waals surface area contributed by atoms with E-state index >= 15 is 0 Å². The molecule has 0 unspecified atom stereocenters. The number of rotatable bonds is 2. The molecule has 3 heterocycles. The second-order valence-corrected chi connectivity index (χ2v) is 5.21. The summed E-state index contributed by atoms with van der Waals surface area (Å²) in [6.45, 7) is 0.387. The topological polar surface area (TPSA) is 78.0 Å². The third-order valence-corrected chi connectivity index (χ3v) is 3.59. The van der Waals surface area contributed by atoms with Crippen molar-refractivity contribution < 1.29 is 0 Å². The maximum Gasteiger partial charge on any atom is 0.283 e. The molecule has 0 atom stereocenters. The molecule has 4 aromatic rings. The minimum atomic E-state index is -0.259. The van der Waals surface area contributed by atoms with Gasteiger partial charge in [0, 0.05) is 11.1 Å². The molecule has 0 aliphatic carbocycles. The number of benzene rings is 1. The zero-order valence-electron chi connectivity index (χ0n) is 11.2. The van der Waals surface area contributed by atoms with Gasteiger partial charge in [-0.05, 0) is 17.7 Å². The van der Waals surface area contributed by atoms with E-state index < -0.39 is 0 Å². The van der Waals surface area contributed by atoms with E-state index in [0.29, 0.717) is 22.9 Å². The summed E-state index contributed by atoms with van der Waals surface area (Å²) >= 11 is 5.86. The molecule has 0 saturated carbocycles. The molecule has 0 amide bonds. The van der Waals surface area contributed by atoms with Gasteiger partial charge in [-0.25, -0.2) is 4.98 Å². The summed E-state index contributed by atoms with van der Waals surface area (Å²) in [5, 5.41) is 12.7. The zero-order valence-corrected chi connectivity index (χ0v) is 12.0. The second kappa shape index (κ2) is 4.88. The minimum Gasteiger partial charge on any atom is -0.293 e. The van der Waals surface area contributed by atoms with Gasteiger partial charge in [0.15, 0.2) is 16.8 Å². The zero-order chi connectivity index (χ0) is 15.1. The first-order chi connectivity index (χ1) is 10.7. The van der Waals surface area contributed by atoms with Gasteiger partial charge in [-0.15, -0.1) is 10.2 Å². The van der Waals surface area contributed by atoms with Crippen molar-refractivity contribution in [2.75, 3.05) is 0 Å². The highest BCUT2D eigenvalue weighted by molar-refractivity contribution is 6.30. The monoisotopic (exact) mass is 312 g/mol. The molecule has 8 heteroatoms. The molecule has 0 fully saturated rings. The van der Waals surface area contributed by atoms with Crippen LogP contribution in [0.5, 0.6) is 0 Å². The number of fused-ring (bicyclic) bond motifs is 3. The van der Waals surface area contributed by atoms with Crippen LogP contribution in [0, 0.1) is 0 Å². The van der Waals surface area contributed by atoms with Crippen LogP contribution in [0.2, 0.25) is 5.02 Å². The maximum absolute atomic E-state index is 12.5. The van der Waals surface area contributed by atoms with Crippen molar-refractivity contribution in [2.24, 2.45) is 0 Å². The molecule has 0 N–H and O–H groups in total. The molecule has 0 aliphatic rings. The SMILES string of the molecule is O=c1c2nnc3ccnn3c2ncn1Cc1ccc(Cl)cc1. The van der Waals surface area contributed by atoms with E-state index in [9.17, 15) is 4.79 Å². The lowest BCUT2D eigenvalue weighted by Gasteiger charge is -2.06. The summed E-state index contributed by atoms with van der Waals surface area (Å²) in [5.41, 5.74) is 1.82. The van der Waals surface area contributed by atoms with Crippen LogP contribution in [0.15, 0.2) is 47.7 Å². The Kier molecular flexibility index (Phi) is 2.87. The van der Waals surface area contributed by atoms with Crippen LogP contribution in [-0.2, 0) is 6.54 Å². The van der Waals surface area contributed by atoms with Crippen molar-refractivity contribution in [2.45, 2.75) is 6.54 Å². The van der Waals surface area contributed by atoms with Crippen molar-refractivity contribution in [1.29, 1.82) is 0 Å². The molecule has 7 nitrogen and oxygen atoms in total. The molecule has 0 bridgehead atoms. The standard InChI is InChI=1S/C14H9ClN6O/c15-10-3-1-9(2-4-10)7-20-8-16-13-12(14(20)22)19-18-11-5-6-17-21(11)13/h1-6,8H,7H2. The highest BCUT2D eigenvalue weighted by atomic mass is 35.5. The molecule has 1 aromatic carbocycles. The molecule has 0 spiro atoms. The number of hydrogen-bond acceptors (Lipinski definition) is 5. The molecule has 108 valence electrons. The van der Waals surface area contributed by atoms with Gasteiger partial charge in [-0.2, -0.15) is 9.61 Å². The molecule has 0 radical (unpaired) electrons.